The lowest BCUT2D eigenvalue weighted by Crippen LogP contribution is -2.05. The largest absolute Gasteiger partial charge is 0.428 e. The normalized spacial score (nSPS) is 11.9. The van der Waals surface area contributed by atoms with Crippen LogP contribution in [0, 0.1) is 0 Å². The maximum Gasteiger partial charge on any atom is 0.316 e. The number of hydrogen-bond donors (Lipinski definition) is 1. The fourth-order valence-corrected chi connectivity index (χ4v) is 3.46. The second-order valence-electron chi connectivity index (χ2n) is 4.48. The van der Waals surface area contributed by atoms with E-state index >= 15 is 0 Å². The standard InChI is InChI=1S/C13H10BrN3O3S/c14-9-3-8(5-16-6-9)7-21(18,19)13-17-11-2-1-10(15)4-12(11)20-13/h1-6H,7,15H2. The molecule has 2 aromatic heterocycles. The second-order valence-corrected chi connectivity index (χ2v) is 7.26. The van der Waals surface area contributed by atoms with Crippen LogP contribution in [0.25, 0.3) is 11.1 Å². The molecule has 0 saturated heterocycles. The van der Waals surface area contributed by atoms with Crippen molar-refractivity contribution in [3.05, 3.63) is 46.7 Å². The van der Waals surface area contributed by atoms with Crippen molar-refractivity contribution in [2.24, 2.45) is 0 Å². The maximum absolute atomic E-state index is 12.3. The smallest absolute Gasteiger partial charge is 0.316 e. The molecule has 1 aromatic carbocycles. The Morgan fingerprint density at radius 2 is 2.05 bits per heavy atom. The van der Waals surface area contributed by atoms with Gasteiger partial charge in [-0.1, -0.05) is 0 Å². The van der Waals surface area contributed by atoms with Crippen LogP contribution in [-0.4, -0.2) is 18.4 Å². The van der Waals surface area contributed by atoms with E-state index in [1.54, 1.807) is 30.5 Å². The van der Waals surface area contributed by atoms with Gasteiger partial charge in [-0.3, -0.25) is 4.98 Å². The monoisotopic (exact) mass is 367 g/mol. The minimum Gasteiger partial charge on any atom is -0.428 e. The summed E-state index contributed by atoms with van der Waals surface area (Å²) in [6.07, 6.45) is 3.07. The fraction of sp³-hybridized carbons (Fsp3) is 0.0769. The van der Waals surface area contributed by atoms with E-state index in [-0.39, 0.29) is 11.0 Å². The molecular weight excluding hydrogens is 358 g/mol. The number of nitrogens with two attached hydrogens (primary N) is 1. The van der Waals surface area contributed by atoms with Crippen molar-refractivity contribution in [2.75, 3.05) is 5.73 Å². The van der Waals surface area contributed by atoms with Crippen LogP contribution in [-0.2, 0) is 15.6 Å². The predicted octanol–water partition coefficient (Wildman–Crippen LogP) is 2.54. The van der Waals surface area contributed by atoms with Crippen LogP contribution in [0.5, 0.6) is 0 Å². The van der Waals surface area contributed by atoms with Gasteiger partial charge >= 0.3 is 5.22 Å². The highest BCUT2D eigenvalue weighted by Gasteiger charge is 2.22. The molecule has 0 aliphatic heterocycles. The average Bonchev–Trinajstić information content (AvgIpc) is 2.82. The highest BCUT2D eigenvalue weighted by atomic mass is 79.9. The third-order valence-corrected chi connectivity index (χ3v) is 4.63. The average molecular weight is 368 g/mol. The molecule has 0 amide bonds. The Bertz CT molecular complexity index is 921. The Kier molecular flexibility index (Phi) is 3.42. The third kappa shape index (κ3) is 2.91. The van der Waals surface area contributed by atoms with Crippen LogP contribution in [0.15, 0.2) is 50.8 Å². The molecular formula is C13H10BrN3O3S. The summed E-state index contributed by atoms with van der Waals surface area (Å²) in [5.74, 6) is -0.234. The van der Waals surface area contributed by atoms with Crippen LogP contribution in [0.2, 0.25) is 0 Å². The number of hydrogen-bond acceptors (Lipinski definition) is 6. The van der Waals surface area contributed by atoms with Crippen molar-refractivity contribution in [3.63, 3.8) is 0 Å². The van der Waals surface area contributed by atoms with E-state index in [2.05, 4.69) is 25.9 Å². The van der Waals surface area contributed by atoms with Gasteiger partial charge in [-0.05, 0) is 39.7 Å². The Labute approximate surface area is 129 Å². The van der Waals surface area contributed by atoms with Gasteiger partial charge in [0.05, 0.1) is 5.75 Å². The molecule has 0 spiro atoms. The maximum atomic E-state index is 12.3. The summed E-state index contributed by atoms with van der Waals surface area (Å²) in [5, 5.41) is -0.317. The van der Waals surface area contributed by atoms with Gasteiger partial charge in [-0.15, -0.1) is 0 Å². The van der Waals surface area contributed by atoms with Crippen molar-refractivity contribution in [1.82, 2.24) is 9.97 Å². The van der Waals surface area contributed by atoms with E-state index in [9.17, 15) is 8.42 Å². The molecule has 21 heavy (non-hydrogen) atoms. The summed E-state index contributed by atoms with van der Waals surface area (Å²) < 4.78 is 30.7. The number of nitrogen functional groups attached to an aromatic ring is 1. The first-order chi connectivity index (χ1) is 9.94. The van der Waals surface area contributed by atoms with Gasteiger partial charge in [0.1, 0.15) is 5.52 Å². The minimum absolute atomic E-state index is 0.234. The van der Waals surface area contributed by atoms with Gasteiger partial charge in [0, 0.05) is 28.6 Å². The third-order valence-electron chi connectivity index (χ3n) is 2.78. The topological polar surface area (TPSA) is 99.1 Å². The van der Waals surface area contributed by atoms with Gasteiger partial charge in [0.25, 0.3) is 0 Å². The lowest BCUT2D eigenvalue weighted by atomic mass is 10.3. The van der Waals surface area contributed by atoms with Crippen molar-refractivity contribution in [1.29, 1.82) is 0 Å². The van der Waals surface area contributed by atoms with E-state index < -0.39 is 9.84 Å². The van der Waals surface area contributed by atoms with Gasteiger partial charge in [-0.25, -0.2) is 8.42 Å². The fourth-order valence-electron chi connectivity index (χ4n) is 1.87. The molecule has 0 aliphatic rings. The highest BCUT2D eigenvalue weighted by Crippen LogP contribution is 2.23. The number of halogens is 1. The van der Waals surface area contributed by atoms with Crippen LogP contribution in [0.3, 0.4) is 0 Å². The number of oxazole rings is 1. The number of pyridine rings is 1. The van der Waals surface area contributed by atoms with Crippen LogP contribution < -0.4 is 5.73 Å². The Balaban J connectivity index is 2.00. The summed E-state index contributed by atoms with van der Waals surface area (Å²) >= 11 is 3.25. The number of fused-ring (bicyclic) bond motifs is 1. The molecule has 0 unspecified atom stereocenters. The van der Waals surface area contributed by atoms with E-state index in [0.29, 0.717) is 26.8 Å². The molecule has 108 valence electrons. The zero-order valence-electron chi connectivity index (χ0n) is 10.7. The number of benzene rings is 1. The first kappa shape index (κ1) is 14.0. The van der Waals surface area contributed by atoms with E-state index in [4.69, 9.17) is 10.2 Å². The summed E-state index contributed by atoms with van der Waals surface area (Å²) in [7, 11) is -3.68. The van der Waals surface area contributed by atoms with Gasteiger partial charge < -0.3 is 10.2 Å². The zero-order chi connectivity index (χ0) is 15.0. The van der Waals surface area contributed by atoms with Crippen molar-refractivity contribution in [2.45, 2.75) is 11.0 Å². The lowest BCUT2D eigenvalue weighted by molar-refractivity contribution is 0.458. The Morgan fingerprint density at radius 3 is 2.81 bits per heavy atom. The molecule has 6 nitrogen and oxygen atoms in total. The Morgan fingerprint density at radius 1 is 1.24 bits per heavy atom. The molecule has 3 rings (SSSR count). The molecule has 2 N–H and O–H groups in total. The minimum atomic E-state index is -3.68. The second kappa shape index (κ2) is 5.12. The number of rotatable bonds is 3. The summed E-state index contributed by atoms with van der Waals surface area (Å²) in [6.45, 7) is 0. The van der Waals surface area contributed by atoms with Crippen molar-refractivity contribution in [3.8, 4) is 0 Å². The first-order valence-corrected chi connectivity index (χ1v) is 8.37. The van der Waals surface area contributed by atoms with Gasteiger partial charge in [0.15, 0.2) is 5.58 Å². The van der Waals surface area contributed by atoms with Crippen molar-refractivity contribution < 1.29 is 12.8 Å². The lowest BCUT2D eigenvalue weighted by Gasteiger charge is -2.00. The molecule has 0 bridgehead atoms. The van der Waals surface area contributed by atoms with Crippen LogP contribution in [0.1, 0.15) is 5.56 Å². The van der Waals surface area contributed by atoms with E-state index in [1.807, 2.05) is 0 Å². The summed E-state index contributed by atoms with van der Waals surface area (Å²) in [6, 6.07) is 6.49. The summed E-state index contributed by atoms with van der Waals surface area (Å²) in [5.41, 5.74) is 7.47. The van der Waals surface area contributed by atoms with E-state index in [1.165, 1.54) is 6.20 Å². The first-order valence-electron chi connectivity index (χ1n) is 5.92. The van der Waals surface area contributed by atoms with Crippen molar-refractivity contribution >= 4 is 42.6 Å². The number of anilines is 1. The van der Waals surface area contributed by atoms with Gasteiger partial charge in [-0.2, -0.15) is 4.98 Å². The van der Waals surface area contributed by atoms with E-state index in [0.717, 1.165) is 0 Å². The number of aromatic nitrogens is 2. The van der Waals surface area contributed by atoms with Crippen LogP contribution >= 0.6 is 15.9 Å². The SMILES string of the molecule is Nc1ccc2nc(S(=O)(=O)Cc3cncc(Br)c3)oc2c1. The highest BCUT2D eigenvalue weighted by molar-refractivity contribution is 9.10. The Hall–Kier alpha value is -1.93. The molecule has 3 aromatic rings. The molecule has 0 fully saturated rings. The van der Waals surface area contributed by atoms with Gasteiger partial charge in [0.2, 0.25) is 9.84 Å². The van der Waals surface area contributed by atoms with Crippen LogP contribution in [0.4, 0.5) is 5.69 Å². The molecule has 0 atom stereocenters. The molecule has 0 saturated carbocycles. The number of nitrogens with zero attached hydrogens (tertiary/aromatic N) is 2. The molecule has 2 heterocycles. The number of sulfone groups is 1. The zero-order valence-corrected chi connectivity index (χ0v) is 13.1. The summed E-state index contributed by atoms with van der Waals surface area (Å²) in [4.78, 5) is 7.94. The molecule has 0 radical (unpaired) electrons. The quantitative estimate of drug-likeness (QED) is 0.714. The predicted molar refractivity (Wildman–Crippen MR) is 81.2 cm³/mol. The molecule has 8 heteroatoms. The molecule has 0 aliphatic carbocycles.